The van der Waals surface area contributed by atoms with Gasteiger partial charge in [0.15, 0.2) is 22.6 Å². The Morgan fingerprint density at radius 3 is 1.79 bits per heavy atom. The number of nitrogens with two attached hydrogens (primary N) is 3. The zero-order valence-corrected chi connectivity index (χ0v) is 30.1. The summed E-state index contributed by atoms with van der Waals surface area (Å²) >= 11 is 0. The molecule has 0 bridgehead atoms. The summed E-state index contributed by atoms with van der Waals surface area (Å²) in [4.78, 5) is 67.3. The van der Waals surface area contributed by atoms with Crippen molar-refractivity contribution in [3.05, 3.63) is 133 Å². The molecule has 0 fully saturated rings. The number of fused-ring (bicyclic) bond motifs is 2. The van der Waals surface area contributed by atoms with Gasteiger partial charge in [-0.25, -0.2) is 34.9 Å². The van der Waals surface area contributed by atoms with E-state index in [1.165, 1.54) is 25.1 Å². The molecule has 0 spiro atoms. The molecule has 0 radical (unpaired) electrons. The molecule has 15 N–H and O–H groups in total. The molecule has 22 heteroatoms. The number of aromatic amines is 3. The highest BCUT2D eigenvalue weighted by Gasteiger charge is 2.08. The Labute approximate surface area is 328 Å². The Balaban J connectivity index is 0.000000341. The number of nitrogens with zero attached hydrogens (tertiary/aromatic N) is 7. The molecule has 0 aromatic carbocycles. The summed E-state index contributed by atoms with van der Waals surface area (Å²) in [5.41, 5.74) is 19.8. The van der Waals surface area contributed by atoms with Gasteiger partial charge in [0.05, 0.1) is 12.7 Å². The molecule has 4 aliphatic heterocycles. The molecule has 4 aliphatic rings. The normalized spacial score (nSPS) is 14.5. The lowest BCUT2D eigenvalue weighted by molar-refractivity contribution is -0.117. The van der Waals surface area contributed by atoms with Gasteiger partial charge in [-0.3, -0.25) is 14.4 Å². The van der Waals surface area contributed by atoms with Crippen molar-refractivity contribution in [3.63, 3.8) is 0 Å². The summed E-state index contributed by atoms with van der Waals surface area (Å²) in [6, 6.07) is 0. The van der Waals surface area contributed by atoms with Crippen LogP contribution in [0.5, 0.6) is 0 Å². The summed E-state index contributed by atoms with van der Waals surface area (Å²) in [7, 11) is 0. The number of rotatable bonds is 0. The SMILES string of the molecule is C.C.C=C1N=C(N)C(C)=CN1.C=C1N=C(N)C=CN1.C=C1NC=C(C)C(=O)N1.C=C1NC=CC(=O)N1.Cc1nc2nc[nH]c2c(=O)[nH]1.Nc1ncnc2nc[nH]c12. The molecule has 57 heavy (non-hydrogen) atoms. The van der Waals surface area contributed by atoms with Gasteiger partial charge in [-0.1, -0.05) is 41.2 Å². The van der Waals surface area contributed by atoms with Crippen LogP contribution in [0, 0.1) is 6.92 Å². The van der Waals surface area contributed by atoms with Crippen molar-refractivity contribution < 1.29 is 9.59 Å². The first-order valence-corrected chi connectivity index (χ1v) is 15.7. The van der Waals surface area contributed by atoms with Gasteiger partial charge in [-0.15, -0.1) is 0 Å². The number of H-pyrrole nitrogens is 3. The van der Waals surface area contributed by atoms with Crippen molar-refractivity contribution in [2.24, 2.45) is 21.5 Å². The van der Waals surface area contributed by atoms with Crippen LogP contribution in [0.3, 0.4) is 0 Å². The highest BCUT2D eigenvalue weighted by atomic mass is 16.2. The summed E-state index contributed by atoms with van der Waals surface area (Å²) in [5, 5.41) is 16.1. The smallest absolute Gasteiger partial charge is 0.276 e. The molecule has 4 aromatic rings. The van der Waals surface area contributed by atoms with E-state index in [0.717, 1.165) is 5.57 Å². The number of carbonyl (C=O) groups excluding carboxylic acids is 2. The van der Waals surface area contributed by atoms with Crippen LogP contribution in [0.2, 0.25) is 0 Å². The third-order valence-electron chi connectivity index (χ3n) is 6.40. The second-order valence-electron chi connectivity index (χ2n) is 10.8. The number of amides is 2. The van der Waals surface area contributed by atoms with Crippen molar-refractivity contribution in [1.82, 2.24) is 71.8 Å². The van der Waals surface area contributed by atoms with Crippen molar-refractivity contribution in [2.45, 2.75) is 35.6 Å². The maximum Gasteiger partial charge on any atom is 0.276 e. The van der Waals surface area contributed by atoms with Crippen LogP contribution in [-0.2, 0) is 9.59 Å². The molecule has 302 valence electrons. The number of hydrogen-bond acceptors (Lipinski definition) is 17. The van der Waals surface area contributed by atoms with Gasteiger partial charge < -0.3 is 64.1 Å². The first kappa shape index (κ1) is 46.7. The molecule has 0 saturated heterocycles. The molecule has 0 unspecified atom stereocenters. The van der Waals surface area contributed by atoms with Crippen LogP contribution < -0.4 is 54.7 Å². The van der Waals surface area contributed by atoms with Crippen LogP contribution >= 0.6 is 0 Å². The number of nitrogens with one attached hydrogen (secondary N) is 9. The van der Waals surface area contributed by atoms with Gasteiger partial charge >= 0.3 is 0 Å². The molecule has 0 saturated carbocycles. The molecule has 0 aliphatic carbocycles. The predicted molar refractivity (Wildman–Crippen MR) is 223 cm³/mol. The Morgan fingerprint density at radius 1 is 0.649 bits per heavy atom. The second-order valence-corrected chi connectivity index (χ2v) is 10.8. The summed E-state index contributed by atoms with van der Waals surface area (Å²) in [6.45, 7) is 19.4. The van der Waals surface area contributed by atoms with Gasteiger partial charge in [-0.05, 0) is 26.8 Å². The summed E-state index contributed by atoms with van der Waals surface area (Å²) in [5.74, 6) is 4.07. The minimum absolute atomic E-state index is 0. The fourth-order valence-electron chi connectivity index (χ4n) is 3.69. The number of aromatic nitrogens is 8. The molecule has 4 aromatic heterocycles. The number of imidazole rings is 2. The first-order valence-electron chi connectivity index (χ1n) is 15.7. The third-order valence-corrected chi connectivity index (χ3v) is 6.40. The van der Waals surface area contributed by atoms with Crippen molar-refractivity contribution in [1.29, 1.82) is 0 Å². The molecule has 8 rings (SSSR count). The lowest BCUT2D eigenvalue weighted by atomic mass is 10.3. The average Bonchev–Trinajstić information content (AvgIpc) is 3.81. The minimum atomic E-state index is -0.176. The Morgan fingerprint density at radius 2 is 1.26 bits per heavy atom. The zero-order chi connectivity index (χ0) is 40.5. The van der Waals surface area contributed by atoms with E-state index in [2.05, 4.69) is 108 Å². The molecular formula is C35H49N19O3. The van der Waals surface area contributed by atoms with Gasteiger partial charge in [0.1, 0.15) is 52.6 Å². The maximum atomic E-state index is 11.1. The van der Waals surface area contributed by atoms with E-state index in [-0.39, 0.29) is 32.2 Å². The van der Waals surface area contributed by atoms with Crippen molar-refractivity contribution in [3.8, 4) is 0 Å². The van der Waals surface area contributed by atoms with Crippen LogP contribution in [0.4, 0.5) is 5.82 Å². The highest BCUT2D eigenvalue weighted by Crippen LogP contribution is 2.09. The minimum Gasteiger partial charge on any atom is -0.384 e. The number of carbonyl (C=O) groups is 2. The molecular weight excluding hydrogens is 735 g/mol. The van der Waals surface area contributed by atoms with Crippen molar-refractivity contribution >= 4 is 51.6 Å². The standard InChI is InChI=1S/C6H6N4O.C6H9N3.C6H8N2O.C5H5N5.C5H7N3.C5H6N2O.2CH4/c1-3-9-5-4(6(11)10-3)7-2-8-5;1-4-3-8-5(2)9-6(4)7;1-4-3-7-5(2)8-6(4)9;6-4-3-5(9-1-7-3)10-2-8-4;1-4-7-3-2-5(6)8-4;1-4-6-3-2-5(8)7-4;;/h2H,1H3,(H2,7,8,9,10,11);3,8H,2H2,1H3,(H2,7,9);3,7H,2H2,1H3,(H,8,9);1-2H,(H3,6,7,8,9,10);2-3,7H,1H2,(H2,6,8);2-3,6H,1H2,(H,7,8);2*1H4. The Bertz CT molecular complexity index is 2330. The summed E-state index contributed by atoms with van der Waals surface area (Å²) < 4.78 is 0. The Hall–Kier alpha value is -8.30. The number of anilines is 1. The van der Waals surface area contributed by atoms with E-state index >= 15 is 0 Å². The molecule has 0 atom stereocenters. The number of hydrogen-bond donors (Lipinski definition) is 12. The van der Waals surface area contributed by atoms with E-state index in [4.69, 9.17) is 17.2 Å². The lowest BCUT2D eigenvalue weighted by Crippen LogP contribution is -2.33. The summed E-state index contributed by atoms with van der Waals surface area (Å²) in [6.07, 6.45) is 14.1. The van der Waals surface area contributed by atoms with Crippen LogP contribution in [-0.4, -0.2) is 63.4 Å². The number of aryl methyl sites for hydroxylation is 1. The van der Waals surface area contributed by atoms with Gasteiger partial charge in [0, 0.05) is 42.0 Å². The molecule has 2 amide bonds. The zero-order valence-electron chi connectivity index (χ0n) is 30.1. The van der Waals surface area contributed by atoms with Crippen LogP contribution in [0.25, 0.3) is 22.3 Å². The van der Waals surface area contributed by atoms with Gasteiger partial charge in [0.2, 0.25) is 0 Å². The fraction of sp³-hybridized carbons (Fsp3) is 0.143. The fourth-order valence-corrected chi connectivity index (χ4v) is 3.69. The van der Waals surface area contributed by atoms with E-state index in [9.17, 15) is 14.4 Å². The van der Waals surface area contributed by atoms with Crippen LogP contribution in [0.1, 0.15) is 34.5 Å². The van der Waals surface area contributed by atoms with Gasteiger partial charge in [0.25, 0.3) is 17.4 Å². The lowest BCUT2D eigenvalue weighted by Gasteiger charge is -2.13. The monoisotopic (exact) mass is 783 g/mol. The number of aliphatic imine (C=N–C) groups is 2. The van der Waals surface area contributed by atoms with Crippen molar-refractivity contribution in [2.75, 3.05) is 5.73 Å². The second kappa shape index (κ2) is 22.7. The van der Waals surface area contributed by atoms with Crippen LogP contribution in [0.15, 0.2) is 131 Å². The quantitative estimate of drug-likeness (QED) is 0.119. The van der Waals surface area contributed by atoms with Gasteiger partial charge in [-0.2, -0.15) is 0 Å². The number of nitrogen functional groups attached to an aromatic ring is 1. The molecule has 22 nitrogen and oxygen atoms in total. The maximum absolute atomic E-state index is 11.1. The van der Waals surface area contributed by atoms with E-state index < -0.39 is 0 Å². The molecule has 8 heterocycles. The predicted octanol–water partition coefficient (Wildman–Crippen LogP) is 1.19. The number of amidine groups is 2. The third kappa shape index (κ3) is 15.7. The topological polar surface area (TPSA) is 338 Å². The average molecular weight is 784 g/mol. The first-order chi connectivity index (χ1) is 26.1. The van der Waals surface area contributed by atoms with E-state index in [1.807, 2.05) is 6.92 Å². The van der Waals surface area contributed by atoms with E-state index in [0.29, 0.717) is 74.5 Å². The Kier molecular flexibility index (Phi) is 18.6. The largest absolute Gasteiger partial charge is 0.384 e. The van der Waals surface area contributed by atoms with E-state index in [1.54, 1.807) is 44.7 Å². The highest BCUT2D eigenvalue weighted by molar-refractivity contribution is 5.97.